The van der Waals surface area contributed by atoms with Crippen LogP contribution in [-0.2, 0) is 20.7 Å². The summed E-state index contributed by atoms with van der Waals surface area (Å²) in [4.78, 5) is 58.5. The van der Waals surface area contributed by atoms with Gasteiger partial charge in [-0.05, 0) is 41.5 Å². The molecule has 9 nitrogen and oxygen atoms in total. The molecule has 3 amide bonds. The largest absolute Gasteiger partial charge is 0.465 e. The zero-order valence-electron chi connectivity index (χ0n) is 20.6. The van der Waals surface area contributed by atoms with E-state index in [1.807, 2.05) is 24.3 Å². The Morgan fingerprint density at radius 3 is 2.29 bits per heavy atom. The highest BCUT2D eigenvalue weighted by atomic mass is 16.5. The number of carbonyl (C=O) groups excluding carboxylic acids is 4. The van der Waals surface area contributed by atoms with Crippen molar-refractivity contribution < 1.29 is 28.7 Å². The number of carbonyl (C=O) groups is 4. The summed E-state index contributed by atoms with van der Waals surface area (Å²) < 4.78 is 9.72. The van der Waals surface area contributed by atoms with E-state index in [9.17, 15) is 19.2 Å². The number of fused-ring (bicyclic) bond motifs is 4. The molecule has 38 heavy (non-hydrogen) atoms. The number of H-pyrrole nitrogens is 1. The molecule has 0 saturated carbocycles. The minimum absolute atomic E-state index is 0.125. The number of nitrogens with zero attached hydrogens (tertiary/aromatic N) is 2. The van der Waals surface area contributed by atoms with Crippen LogP contribution in [0.2, 0.25) is 0 Å². The molecule has 2 aliphatic heterocycles. The number of ether oxygens (including phenoxy) is 2. The van der Waals surface area contributed by atoms with Gasteiger partial charge in [0.05, 0.1) is 31.0 Å². The standard InChI is InChI=1S/C29H23N3O6/c1-37-27(34)17-13-11-16(12-14-17)25-24-20(18-7-3-5-9-21(18)30-24)15-23-26(33)32(29(36)31(23)25)22-10-6-4-8-19(22)28(35)38-2/h3-14,23,25,30H,15H2,1-2H3/t23-,25?/m1/s1. The second kappa shape index (κ2) is 8.88. The molecule has 1 unspecified atom stereocenters. The van der Waals surface area contributed by atoms with E-state index >= 15 is 0 Å². The van der Waals surface area contributed by atoms with E-state index in [4.69, 9.17) is 9.47 Å². The molecule has 3 heterocycles. The maximum atomic E-state index is 14.0. The monoisotopic (exact) mass is 509 g/mol. The summed E-state index contributed by atoms with van der Waals surface area (Å²) in [6.07, 6.45) is 0.317. The van der Waals surface area contributed by atoms with E-state index in [1.54, 1.807) is 47.4 Å². The Hall–Kier alpha value is -4.92. The summed E-state index contributed by atoms with van der Waals surface area (Å²) in [5, 5.41) is 0.979. The molecule has 0 radical (unpaired) electrons. The molecule has 9 heteroatoms. The van der Waals surface area contributed by atoms with Crippen molar-refractivity contribution >= 4 is 40.5 Å². The van der Waals surface area contributed by atoms with Gasteiger partial charge in [0, 0.05) is 23.0 Å². The second-order valence-electron chi connectivity index (χ2n) is 9.17. The summed E-state index contributed by atoms with van der Waals surface area (Å²) in [6, 6.07) is 19.1. The first kappa shape index (κ1) is 23.5. The van der Waals surface area contributed by atoms with Gasteiger partial charge < -0.3 is 14.5 Å². The van der Waals surface area contributed by atoms with E-state index in [-0.39, 0.29) is 11.3 Å². The Labute approximate surface area is 217 Å². The molecule has 3 aromatic carbocycles. The fourth-order valence-electron chi connectivity index (χ4n) is 5.51. The van der Waals surface area contributed by atoms with Crippen molar-refractivity contribution in [3.8, 4) is 0 Å². The van der Waals surface area contributed by atoms with Crippen molar-refractivity contribution in [2.75, 3.05) is 19.1 Å². The van der Waals surface area contributed by atoms with Crippen LogP contribution in [-0.4, -0.2) is 54.0 Å². The van der Waals surface area contributed by atoms with E-state index in [0.29, 0.717) is 12.0 Å². The number of aromatic nitrogens is 1. The first-order chi connectivity index (χ1) is 18.4. The fourth-order valence-corrected chi connectivity index (χ4v) is 5.51. The first-order valence-corrected chi connectivity index (χ1v) is 12.1. The third kappa shape index (κ3) is 3.39. The predicted octanol–water partition coefficient (Wildman–Crippen LogP) is 4.22. The SMILES string of the molecule is COC(=O)c1ccc(C2c3[nH]c4ccccc4c3C[C@@H]3C(=O)N(c4ccccc4C(=O)OC)C(=O)N23)cc1. The number of urea groups is 1. The van der Waals surface area contributed by atoms with Gasteiger partial charge in [-0.1, -0.05) is 42.5 Å². The third-order valence-electron chi connectivity index (χ3n) is 7.25. The van der Waals surface area contributed by atoms with Crippen molar-refractivity contribution in [1.29, 1.82) is 0 Å². The van der Waals surface area contributed by atoms with Crippen molar-refractivity contribution in [2.45, 2.75) is 18.5 Å². The highest BCUT2D eigenvalue weighted by molar-refractivity contribution is 6.23. The lowest BCUT2D eigenvalue weighted by Crippen LogP contribution is -2.44. The number of esters is 2. The van der Waals surface area contributed by atoms with Gasteiger partial charge in [-0.25, -0.2) is 19.3 Å². The number of nitrogens with one attached hydrogen (secondary N) is 1. The van der Waals surface area contributed by atoms with Crippen molar-refractivity contribution in [2.24, 2.45) is 0 Å². The van der Waals surface area contributed by atoms with E-state index in [1.165, 1.54) is 20.3 Å². The molecule has 1 saturated heterocycles. The number of amides is 3. The number of hydrogen-bond acceptors (Lipinski definition) is 6. The Kier molecular flexibility index (Phi) is 5.48. The maximum absolute atomic E-state index is 14.0. The minimum atomic E-state index is -0.787. The van der Waals surface area contributed by atoms with Crippen molar-refractivity contribution in [1.82, 2.24) is 9.88 Å². The van der Waals surface area contributed by atoms with Gasteiger partial charge in [0.2, 0.25) is 0 Å². The van der Waals surface area contributed by atoms with Gasteiger partial charge >= 0.3 is 18.0 Å². The lowest BCUT2D eigenvalue weighted by molar-refractivity contribution is -0.120. The van der Waals surface area contributed by atoms with Crippen LogP contribution in [0.4, 0.5) is 10.5 Å². The quantitative estimate of drug-likeness (QED) is 0.326. The van der Waals surface area contributed by atoms with Crippen LogP contribution in [0, 0.1) is 0 Å². The van der Waals surface area contributed by atoms with Gasteiger partial charge in [0.1, 0.15) is 12.1 Å². The molecule has 1 aromatic heterocycles. The van der Waals surface area contributed by atoms with Crippen LogP contribution in [0.3, 0.4) is 0 Å². The zero-order valence-corrected chi connectivity index (χ0v) is 20.6. The Morgan fingerprint density at radius 1 is 0.868 bits per heavy atom. The van der Waals surface area contributed by atoms with Crippen LogP contribution in [0.25, 0.3) is 10.9 Å². The molecule has 0 spiro atoms. The topological polar surface area (TPSA) is 109 Å². The number of anilines is 1. The highest BCUT2D eigenvalue weighted by Gasteiger charge is 2.53. The predicted molar refractivity (Wildman–Crippen MR) is 138 cm³/mol. The summed E-state index contributed by atoms with van der Waals surface area (Å²) in [5.74, 6) is -1.53. The highest BCUT2D eigenvalue weighted by Crippen LogP contribution is 2.45. The smallest absolute Gasteiger partial charge is 0.339 e. The van der Waals surface area contributed by atoms with Crippen LogP contribution in [0.5, 0.6) is 0 Å². The molecule has 0 aliphatic carbocycles. The number of hydrogen-bond donors (Lipinski definition) is 1. The lowest BCUT2D eigenvalue weighted by atomic mass is 9.88. The summed E-state index contributed by atoms with van der Waals surface area (Å²) >= 11 is 0. The van der Waals surface area contributed by atoms with Gasteiger partial charge in [0.25, 0.3) is 5.91 Å². The second-order valence-corrected chi connectivity index (χ2v) is 9.17. The number of aromatic amines is 1. The number of benzene rings is 3. The van der Waals surface area contributed by atoms with E-state index in [0.717, 1.165) is 32.6 Å². The van der Waals surface area contributed by atoms with Crippen LogP contribution in [0.1, 0.15) is 43.6 Å². The number of methoxy groups -OCH3 is 2. The number of imide groups is 1. The summed E-state index contributed by atoms with van der Waals surface area (Å²) in [7, 11) is 2.57. The van der Waals surface area contributed by atoms with E-state index < -0.39 is 36.0 Å². The lowest BCUT2D eigenvalue weighted by Gasteiger charge is -2.36. The molecule has 2 aliphatic rings. The molecule has 4 aromatic rings. The van der Waals surface area contributed by atoms with Gasteiger partial charge in [-0.2, -0.15) is 0 Å². The van der Waals surface area contributed by atoms with Crippen LogP contribution >= 0.6 is 0 Å². The van der Waals surface area contributed by atoms with Gasteiger partial charge in [-0.15, -0.1) is 0 Å². The van der Waals surface area contributed by atoms with Crippen LogP contribution < -0.4 is 4.90 Å². The fraction of sp³-hybridized carbons (Fsp3) is 0.172. The molecule has 1 fully saturated rings. The number of rotatable bonds is 4. The third-order valence-corrected chi connectivity index (χ3v) is 7.25. The first-order valence-electron chi connectivity index (χ1n) is 12.1. The Morgan fingerprint density at radius 2 is 1.55 bits per heavy atom. The van der Waals surface area contributed by atoms with Crippen molar-refractivity contribution in [3.05, 3.63) is 101 Å². The summed E-state index contributed by atoms with van der Waals surface area (Å²) in [6.45, 7) is 0. The van der Waals surface area contributed by atoms with Gasteiger partial charge in [0.15, 0.2) is 0 Å². The zero-order chi connectivity index (χ0) is 26.6. The molecule has 6 rings (SSSR count). The molecule has 190 valence electrons. The van der Waals surface area contributed by atoms with E-state index in [2.05, 4.69) is 4.98 Å². The van der Waals surface area contributed by atoms with Crippen LogP contribution in [0.15, 0.2) is 72.8 Å². The molecule has 2 atom stereocenters. The molecular weight excluding hydrogens is 486 g/mol. The Bertz CT molecular complexity index is 1620. The Balaban J connectivity index is 1.51. The average Bonchev–Trinajstić information content (AvgIpc) is 3.45. The molecule has 0 bridgehead atoms. The minimum Gasteiger partial charge on any atom is -0.465 e. The normalized spacial score (nSPS) is 18.4. The maximum Gasteiger partial charge on any atom is 0.339 e. The number of para-hydroxylation sites is 2. The average molecular weight is 510 g/mol. The molecule has 1 N–H and O–H groups in total. The molecular formula is C29H23N3O6. The van der Waals surface area contributed by atoms with Crippen molar-refractivity contribution in [3.63, 3.8) is 0 Å². The summed E-state index contributed by atoms with van der Waals surface area (Å²) in [5.41, 5.74) is 4.06. The van der Waals surface area contributed by atoms with Gasteiger partial charge in [-0.3, -0.25) is 9.69 Å².